The molecule has 1 aromatic rings. The smallest absolute Gasteiger partial charge is 0.253 e. The standard InChI is InChI=1S/C15H23NO3/c1-10-8-13(19-6)11(2)7-12(10)9-16(5)14(17)15(3,4)18/h7-8,18H,9H2,1-6H3. The Balaban J connectivity index is 2.95. The van der Waals surface area contributed by atoms with Crippen LogP contribution in [0.2, 0.25) is 0 Å². The van der Waals surface area contributed by atoms with Gasteiger partial charge in [-0.1, -0.05) is 6.07 Å². The zero-order chi connectivity index (χ0) is 14.8. The molecule has 0 saturated carbocycles. The summed E-state index contributed by atoms with van der Waals surface area (Å²) in [6.07, 6.45) is 0. The predicted octanol–water partition coefficient (Wildman–Crippen LogP) is 2.04. The molecule has 0 saturated heterocycles. The number of carbonyl (C=O) groups excluding carboxylic acids is 1. The maximum Gasteiger partial charge on any atom is 0.253 e. The maximum atomic E-state index is 11.9. The fourth-order valence-corrected chi connectivity index (χ4v) is 2.03. The van der Waals surface area contributed by atoms with Gasteiger partial charge in [0.05, 0.1) is 7.11 Å². The Morgan fingerprint density at radius 3 is 2.37 bits per heavy atom. The van der Waals surface area contributed by atoms with Crippen LogP contribution in [0.4, 0.5) is 0 Å². The van der Waals surface area contributed by atoms with E-state index in [1.807, 2.05) is 26.0 Å². The molecule has 0 fully saturated rings. The zero-order valence-electron chi connectivity index (χ0n) is 12.6. The third kappa shape index (κ3) is 3.70. The van der Waals surface area contributed by atoms with Crippen LogP contribution in [-0.4, -0.2) is 35.7 Å². The third-order valence-electron chi connectivity index (χ3n) is 3.13. The Labute approximate surface area is 115 Å². The molecule has 0 atom stereocenters. The minimum atomic E-state index is -1.34. The first-order valence-electron chi connectivity index (χ1n) is 6.29. The molecule has 1 rings (SSSR count). The predicted molar refractivity (Wildman–Crippen MR) is 75.2 cm³/mol. The van der Waals surface area contributed by atoms with Gasteiger partial charge in [0, 0.05) is 13.6 Å². The minimum absolute atomic E-state index is 0.291. The van der Waals surface area contributed by atoms with Crippen LogP contribution in [0.1, 0.15) is 30.5 Å². The highest BCUT2D eigenvalue weighted by Crippen LogP contribution is 2.23. The minimum Gasteiger partial charge on any atom is -0.496 e. The highest BCUT2D eigenvalue weighted by Gasteiger charge is 2.27. The van der Waals surface area contributed by atoms with E-state index < -0.39 is 5.60 Å². The van der Waals surface area contributed by atoms with Gasteiger partial charge in [0.15, 0.2) is 0 Å². The van der Waals surface area contributed by atoms with Crippen molar-refractivity contribution in [1.82, 2.24) is 4.90 Å². The van der Waals surface area contributed by atoms with Crippen molar-refractivity contribution in [3.8, 4) is 5.75 Å². The number of nitrogens with zero attached hydrogens (tertiary/aromatic N) is 1. The molecule has 0 bridgehead atoms. The molecule has 0 aliphatic rings. The van der Waals surface area contributed by atoms with Crippen molar-refractivity contribution >= 4 is 5.91 Å². The summed E-state index contributed by atoms with van der Waals surface area (Å²) >= 11 is 0. The first-order valence-corrected chi connectivity index (χ1v) is 6.29. The number of hydrogen-bond donors (Lipinski definition) is 1. The van der Waals surface area contributed by atoms with Crippen molar-refractivity contribution in [1.29, 1.82) is 0 Å². The molecule has 0 heterocycles. The van der Waals surface area contributed by atoms with Gasteiger partial charge in [-0.2, -0.15) is 0 Å². The Morgan fingerprint density at radius 2 is 1.89 bits per heavy atom. The number of likely N-dealkylation sites (N-methyl/N-ethyl adjacent to an activating group) is 1. The summed E-state index contributed by atoms with van der Waals surface area (Å²) in [6.45, 7) is 7.43. The van der Waals surface area contributed by atoms with Crippen molar-refractivity contribution in [3.63, 3.8) is 0 Å². The van der Waals surface area contributed by atoms with Crippen LogP contribution in [0.5, 0.6) is 5.75 Å². The average Bonchev–Trinajstić information content (AvgIpc) is 2.31. The van der Waals surface area contributed by atoms with Crippen molar-refractivity contribution < 1.29 is 14.6 Å². The molecule has 1 aromatic carbocycles. The van der Waals surface area contributed by atoms with Gasteiger partial charge in [-0.05, 0) is 50.5 Å². The lowest BCUT2D eigenvalue weighted by Crippen LogP contribution is -2.42. The first kappa shape index (κ1) is 15.5. The second kappa shape index (κ2) is 5.61. The SMILES string of the molecule is COc1cc(C)c(CN(C)C(=O)C(C)(C)O)cc1C. The molecule has 4 nitrogen and oxygen atoms in total. The van der Waals surface area contributed by atoms with Crippen molar-refractivity contribution in [3.05, 3.63) is 28.8 Å². The molecule has 0 aromatic heterocycles. The molecule has 1 amide bonds. The Hall–Kier alpha value is -1.55. The van der Waals surface area contributed by atoms with E-state index in [-0.39, 0.29) is 5.91 Å². The average molecular weight is 265 g/mol. The van der Waals surface area contributed by atoms with E-state index in [4.69, 9.17) is 4.74 Å². The fourth-order valence-electron chi connectivity index (χ4n) is 2.03. The van der Waals surface area contributed by atoms with Crippen LogP contribution < -0.4 is 4.74 Å². The van der Waals surface area contributed by atoms with Gasteiger partial charge in [0.1, 0.15) is 11.4 Å². The summed E-state index contributed by atoms with van der Waals surface area (Å²) in [7, 11) is 3.34. The van der Waals surface area contributed by atoms with E-state index in [2.05, 4.69) is 0 Å². The van der Waals surface area contributed by atoms with Gasteiger partial charge in [0.25, 0.3) is 5.91 Å². The number of methoxy groups -OCH3 is 1. The van der Waals surface area contributed by atoms with Crippen molar-refractivity contribution in [2.45, 2.75) is 39.8 Å². The Morgan fingerprint density at radius 1 is 1.32 bits per heavy atom. The van der Waals surface area contributed by atoms with E-state index in [0.29, 0.717) is 6.54 Å². The van der Waals surface area contributed by atoms with E-state index in [1.54, 1.807) is 14.2 Å². The molecule has 0 aliphatic carbocycles. The van der Waals surface area contributed by atoms with Gasteiger partial charge in [0.2, 0.25) is 0 Å². The van der Waals surface area contributed by atoms with Gasteiger partial charge in [-0.15, -0.1) is 0 Å². The summed E-state index contributed by atoms with van der Waals surface area (Å²) in [6, 6.07) is 3.98. The lowest BCUT2D eigenvalue weighted by Gasteiger charge is -2.26. The number of ether oxygens (including phenoxy) is 1. The molecule has 0 radical (unpaired) electrons. The van der Waals surface area contributed by atoms with Crippen LogP contribution in [-0.2, 0) is 11.3 Å². The van der Waals surface area contributed by atoms with E-state index in [9.17, 15) is 9.90 Å². The van der Waals surface area contributed by atoms with Crippen LogP contribution in [0.15, 0.2) is 12.1 Å². The van der Waals surface area contributed by atoms with Gasteiger partial charge in [-0.25, -0.2) is 0 Å². The second-order valence-corrected chi connectivity index (χ2v) is 5.47. The highest BCUT2D eigenvalue weighted by molar-refractivity contribution is 5.83. The number of carbonyl (C=O) groups is 1. The third-order valence-corrected chi connectivity index (χ3v) is 3.13. The molecular formula is C15H23NO3. The maximum absolute atomic E-state index is 11.9. The molecular weight excluding hydrogens is 242 g/mol. The molecule has 4 heteroatoms. The lowest BCUT2D eigenvalue weighted by molar-refractivity contribution is -0.146. The fraction of sp³-hybridized carbons (Fsp3) is 0.533. The van der Waals surface area contributed by atoms with E-state index in [0.717, 1.165) is 22.4 Å². The first-order chi connectivity index (χ1) is 8.66. The molecule has 106 valence electrons. The number of benzene rings is 1. The van der Waals surface area contributed by atoms with Gasteiger partial charge >= 0.3 is 0 Å². The summed E-state index contributed by atoms with van der Waals surface area (Å²) in [5, 5.41) is 9.73. The Bertz CT molecular complexity index is 475. The van der Waals surface area contributed by atoms with E-state index >= 15 is 0 Å². The summed E-state index contributed by atoms with van der Waals surface area (Å²) in [4.78, 5) is 13.5. The topological polar surface area (TPSA) is 49.8 Å². The zero-order valence-corrected chi connectivity index (χ0v) is 12.6. The molecule has 0 spiro atoms. The summed E-state index contributed by atoms with van der Waals surface area (Å²) in [5.74, 6) is 0.554. The molecule has 0 aliphatic heterocycles. The molecule has 1 N–H and O–H groups in total. The second-order valence-electron chi connectivity index (χ2n) is 5.47. The van der Waals surface area contributed by atoms with Gasteiger partial charge in [-0.3, -0.25) is 4.79 Å². The number of amides is 1. The van der Waals surface area contributed by atoms with E-state index in [1.165, 1.54) is 18.7 Å². The van der Waals surface area contributed by atoms with Gasteiger partial charge < -0.3 is 14.7 Å². The highest BCUT2D eigenvalue weighted by atomic mass is 16.5. The van der Waals surface area contributed by atoms with Crippen molar-refractivity contribution in [2.24, 2.45) is 0 Å². The molecule has 19 heavy (non-hydrogen) atoms. The quantitative estimate of drug-likeness (QED) is 0.906. The van der Waals surface area contributed by atoms with Crippen LogP contribution in [0.25, 0.3) is 0 Å². The van der Waals surface area contributed by atoms with Crippen molar-refractivity contribution in [2.75, 3.05) is 14.2 Å². The van der Waals surface area contributed by atoms with Crippen LogP contribution >= 0.6 is 0 Å². The van der Waals surface area contributed by atoms with Crippen LogP contribution in [0, 0.1) is 13.8 Å². The lowest BCUT2D eigenvalue weighted by atomic mass is 10.0. The summed E-state index contributed by atoms with van der Waals surface area (Å²) in [5.41, 5.74) is 1.81. The Kier molecular flexibility index (Phi) is 4.58. The number of aryl methyl sites for hydroxylation is 2. The number of hydrogen-bond acceptors (Lipinski definition) is 3. The monoisotopic (exact) mass is 265 g/mol. The van der Waals surface area contributed by atoms with Crippen LogP contribution in [0.3, 0.4) is 0 Å². The normalized spacial score (nSPS) is 11.3. The summed E-state index contributed by atoms with van der Waals surface area (Å²) < 4.78 is 5.27. The number of aliphatic hydroxyl groups is 1. The number of rotatable bonds is 4. The molecule has 0 unspecified atom stereocenters. The largest absolute Gasteiger partial charge is 0.496 e.